The standard InChI is InChI=1S/C11H19NO5/c1-8(13)11(6-10(15)16,17-9(2)14)7-12(3,4)5/h6-7H2,1-5H3/p+1/t11-/m1/s1. The first-order valence-electron chi connectivity index (χ1n) is 5.21. The number of carbonyl (C=O) groups is 3. The van der Waals surface area contributed by atoms with Crippen LogP contribution in [0.1, 0.15) is 20.3 Å². The molecule has 17 heavy (non-hydrogen) atoms. The van der Waals surface area contributed by atoms with Crippen molar-refractivity contribution in [1.82, 2.24) is 0 Å². The van der Waals surface area contributed by atoms with E-state index in [1.54, 1.807) is 21.1 Å². The molecule has 0 aliphatic rings. The van der Waals surface area contributed by atoms with Crippen LogP contribution >= 0.6 is 0 Å². The number of ketones is 1. The summed E-state index contributed by atoms with van der Waals surface area (Å²) in [4.78, 5) is 33.6. The fourth-order valence-electron chi connectivity index (χ4n) is 1.72. The molecule has 0 unspecified atom stereocenters. The smallest absolute Gasteiger partial charge is 0.308 e. The molecule has 0 amide bonds. The average Bonchev–Trinajstić information content (AvgIpc) is 1.96. The Balaban J connectivity index is 5.31. The molecule has 0 saturated heterocycles. The maximum absolute atomic E-state index is 11.7. The second kappa shape index (κ2) is 5.27. The van der Waals surface area contributed by atoms with Crippen molar-refractivity contribution in [3.05, 3.63) is 0 Å². The van der Waals surface area contributed by atoms with Crippen molar-refractivity contribution < 1.29 is 28.7 Å². The van der Waals surface area contributed by atoms with Gasteiger partial charge in [-0.3, -0.25) is 14.4 Å². The van der Waals surface area contributed by atoms with Crippen LogP contribution in [-0.4, -0.2) is 60.6 Å². The van der Waals surface area contributed by atoms with Crippen LogP contribution in [0.15, 0.2) is 0 Å². The number of likely N-dealkylation sites (N-methyl/N-ethyl adjacent to an activating group) is 1. The largest absolute Gasteiger partial charge is 0.481 e. The molecule has 1 N–H and O–H groups in total. The Morgan fingerprint density at radius 2 is 1.65 bits per heavy atom. The topological polar surface area (TPSA) is 80.7 Å². The van der Waals surface area contributed by atoms with Crippen LogP contribution in [0.5, 0.6) is 0 Å². The van der Waals surface area contributed by atoms with Gasteiger partial charge in [-0.15, -0.1) is 0 Å². The molecule has 98 valence electrons. The van der Waals surface area contributed by atoms with Gasteiger partial charge in [0.25, 0.3) is 0 Å². The molecule has 0 heterocycles. The van der Waals surface area contributed by atoms with Crippen LogP contribution in [0.4, 0.5) is 0 Å². The number of hydrogen-bond donors (Lipinski definition) is 1. The quantitative estimate of drug-likeness (QED) is 0.529. The van der Waals surface area contributed by atoms with Gasteiger partial charge in [-0.2, -0.15) is 0 Å². The Labute approximate surface area is 101 Å². The predicted molar refractivity (Wildman–Crippen MR) is 60.3 cm³/mol. The summed E-state index contributed by atoms with van der Waals surface area (Å²) in [5.41, 5.74) is -1.59. The highest BCUT2D eigenvalue weighted by molar-refractivity contribution is 5.91. The number of esters is 1. The van der Waals surface area contributed by atoms with E-state index in [-0.39, 0.29) is 6.54 Å². The minimum Gasteiger partial charge on any atom is -0.481 e. The van der Waals surface area contributed by atoms with Crippen molar-refractivity contribution in [3.8, 4) is 0 Å². The van der Waals surface area contributed by atoms with Gasteiger partial charge in [0.1, 0.15) is 6.54 Å². The van der Waals surface area contributed by atoms with Crippen LogP contribution in [0.25, 0.3) is 0 Å². The van der Waals surface area contributed by atoms with Gasteiger partial charge in [-0.05, 0) is 6.92 Å². The lowest BCUT2D eigenvalue weighted by molar-refractivity contribution is -0.875. The number of hydrogen-bond acceptors (Lipinski definition) is 4. The molecule has 0 aromatic rings. The molecule has 0 spiro atoms. The molecule has 0 rings (SSSR count). The normalized spacial score (nSPS) is 14.9. The zero-order valence-electron chi connectivity index (χ0n) is 10.9. The first-order valence-corrected chi connectivity index (χ1v) is 5.21. The van der Waals surface area contributed by atoms with E-state index in [2.05, 4.69) is 0 Å². The third-order valence-electron chi connectivity index (χ3n) is 2.15. The van der Waals surface area contributed by atoms with Crippen molar-refractivity contribution in [2.45, 2.75) is 25.9 Å². The number of nitrogens with zero attached hydrogens (tertiary/aromatic N) is 1. The van der Waals surface area contributed by atoms with Crippen LogP contribution in [0.3, 0.4) is 0 Å². The van der Waals surface area contributed by atoms with E-state index in [1.165, 1.54) is 6.92 Å². The fourth-order valence-corrected chi connectivity index (χ4v) is 1.72. The number of rotatable bonds is 6. The number of aliphatic carboxylic acids is 1. The summed E-state index contributed by atoms with van der Waals surface area (Å²) in [5, 5.41) is 8.86. The van der Waals surface area contributed by atoms with Crippen molar-refractivity contribution in [1.29, 1.82) is 0 Å². The SMILES string of the molecule is CC(=O)O[C@](CC(=O)O)(C[N+](C)(C)C)C(C)=O. The Bertz CT molecular complexity index is 313. The highest BCUT2D eigenvalue weighted by atomic mass is 16.6. The van der Waals surface area contributed by atoms with E-state index >= 15 is 0 Å². The maximum atomic E-state index is 11.7. The molecule has 1 atom stereocenters. The Morgan fingerprint density at radius 3 is 1.88 bits per heavy atom. The molecule has 0 bridgehead atoms. The zero-order valence-corrected chi connectivity index (χ0v) is 10.9. The Hall–Kier alpha value is -1.43. The van der Waals surface area contributed by atoms with Crippen molar-refractivity contribution in [3.63, 3.8) is 0 Å². The summed E-state index contributed by atoms with van der Waals surface area (Å²) in [6.45, 7) is 2.52. The lowest BCUT2D eigenvalue weighted by atomic mass is 9.93. The third kappa shape index (κ3) is 5.44. The maximum Gasteiger partial charge on any atom is 0.308 e. The monoisotopic (exact) mass is 246 g/mol. The van der Waals surface area contributed by atoms with Gasteiger partial charge in [0, 0.05) is 6.92 Å². The first kappa shape index (κ1) is 15.6. The van der Waals surface area contributed by atoms with Gasteiger partial charge in [0.05, 0.1) is 27.6 Å². The molecular weight excluding hydrogens is 226 g/mol. The minimum absolute atomic E-state index is 0.119. The number of ether oxygens (including phenoxy) is 1. The van der Waals surface area contributed by atoms with E-state index in [9.17, 15) is 14.4 Å². The van der Waals surface area contributed by atoms with Gasteiger partial charge in [-0.25, -0.2) is 0 Å². The second-order valence-electron chi connectivity index (χ2n) is 5.16. The predicted octanol–water partition coefficient (Wildman–Crippen LogP) is 0.0582. The summed E-state index contributed by atoms with van der Waals surface area (Å²) in [6, 6.07) is 0. The summed E-state index contributed by atoms with van der Waals surface area (Å²) in [7, 11) is 5.38. The first-order chi connectivity index (χ1) is 7.48. The molecule has 6 heteroatoms. The molecule has 0 saturated carbocycles. The van der Waals surface area contributed by atoms with Crippen molar-refractivity contribution in [2.75, 3.05) is 27.7 Å². The van der Waals surface area contributed by atoms with Crippen molar-refractivity contribution >= 4 is 17.7 Å². The lowest BCUT2D eigenvalue weighted by Crippen LogP contribution is -2.56. The Morgan fingerprint density at radius 1 is 1.18 bits per heavy atom. The lowest BCUT2D eigenvalue weighted by Gasteiger charge is -2.35. The molecule has 0 radical (unpaired) electrons. The number of carboxylic acid groups (broad SMARTS) is 1. The molecule has 6 nitrogen and oxygen atoms in total. The number of quaternary nitrogens is 1. The number of Topliss-reactive ketones (excluding diaryl/α,β-unsaturated/α-hetero) is 1. The van der Waals surface area contributed by atoms with E-state index in [0.29, 0.717) is 4.48 Å². The molecule has 0 aromatic heterocycles. The van der Waals surface area contributed by atoms with E-state index in [0.717, 1.165) is 6.92 Å². The molecule has 0 aliphatic carbocycles. The van der Waals surface area contributed by atoms with Crippen LogP contribution in [0.2, 0.25) is 0 Å². The van der Waals surface area contributed by atoms with E-state index in [1.807, 2.05) is 0 Å². The van der Waals surface area contributed by atoms with Gasteiger partial charge >= 0.3 is 11.9 Å². The van der Waals surface area contributed by atoms with E-state index in [4.69, 9.17) is 9.84 Å². The fraction of sp³-hybridized carbons (Fsp3) is 0.727. The van der Waals surface area contributed by atoms with Gasteiger partial charge in [0.2, 0.25) is 5.60 Å². The summed E-state index contributed by atoms with van der Waals surface area (Å²) in [5.74, 6) is -2.28. The average molecular weight is 246 g/mol. The highest BCUT2D eigenvalue weighted by Crippen LogP contribution is 2.21. The van der Waals surface area contributed by atoms with Gasteiger partial charge < -0.3 is 14.3 Å². The van der Waals surface area contributed by atoms with Crippen LogP contribution in [-0.2, 0) is 19.1 Å². The molecule has 0 fully saturated rings. The van der Waals surface area contributed by atoms with Crippen LogP contribution < -0.4 is 0 Å². The minimum atomic E-state index is -1.59. The number of carbonyl (C=O) groups excluding carboxylic acids is 2. The van der Waals surface area contributed by atoms with Gasteiger partial charge in [0.15, 0.2) is 5.78 Å². The molecule has 0 aromatic carbocycles. The van der Waals surface area contributed by atoms with E-state index < -0.39 is 29.7 Å². The summed E-state index contributed by atoms with van der Waals surface area (Å²) >= 11 is 0. The Kier molecular flexibility index (Phi) is 4.82. The third-order valence-corrected chi connectivity index (χ3v) is 2.15. The zero-order chi connectivity index (χ0) is 13.9. The van der Waals surface area contributed by atoms with Crippen LogP contribution in [0, 0.1) is 0 Å². The van der Waals surface area contributed by atoms with Gasteiger partial charge in [-0.1, -0.05) is 0 Å². The molecule has 0 aliphatic heterocycles. The molecular formula is C11H20NO5+. The summed E-state index contributed by atoms with van der Waals surface area (Å²) < 4.78 is 5.32. The van der Waals surface area contributed by atoms with Crippen molar-refractivity contribution in [2.24, 2.45) is 0 Å². The number of carboxylic acids is 1. The highest BCUT2D eigenvalue weighted by Gasteiger charge is 2.46. The summed E-state index contributed by atoms with van der Waals surface area (Å²) in [6.07, 6.45) is -0.516. The second-order valence-corrected chi connectivity index (χ2v) is 5.16.